The summed E-state index contributed by atoms with van der Waals surface area (Å²) in [5, 5.41) is 34.7. The van der Waals surface area contributed by atoms with E-state index in [1.165, 1.54) is 30.5 Å². The van der Waals surface area contributed by atoms with Crippen LogP contribution in [0, 0.1) is 15.3 Å². The number of aromatic hydroxyl groups is 1. The van der Waals surface area contributed by atoms with E-state index in [1.54, 1.807) is 22.8 Å². The summed E-state index contributed by atoms with van der Waals surface area (Å²) in [4.78, 5) is 36.3. The molecule has 0 aliphatic carbocycles. The number of ketones is 1. The molecule has 0 spiro atoms. The van der Waals surface area contributed by atoms with Crippen LogP contribution < -0.4 is 10.0 Å². The van der Waals surface area contributed by atoms with E-state index in [0.717, 1.165) is 12.4 Å². The first-order chi connectivity index (χ1) is 16.1. The van der Waals surface area contributed by atoms with Crippen LogP contribution in [0.3, 0.4) is 0 Å². The number of nitrogens with one attached hydrogen (secondary N) is 1. The summed E-state index contributed by atoms with van der Waals surface area (Å²) in [5.41, 5.74) is 0.909. The van der Waals surface area contributed by atoms with Crippen molar-refractivity contribution in [1.82, 2.24) is 4.57 Å². The van der Waals surface area contributed by atoms with Crippen LogP contribution in [0.1, 0.15) is 15.9 Å². The van der Waals surface area contributed by atoms with Crippen LogP contribution in [0.15, 0.2) is 61.1 Å². The fourth-order valence-electron chi connectivity index (χ4n) is 3.48. The maximum atomic E-state index is 13.0. The molecule has 4 aromatic rings. The quantitative estimate of drug-likeness (QED) is 0.102. The molecule has 0 radical (unpaired) electrons. The second-order valence-electron chi connectivity index (χ2n) is 7.27. The normalized spacial score (nSPS) is 10.9. The first kappa shape index (κ1) is 23.0. The lowest BCUT2D eigenvalue weighted by atomic mass is 10.1. The zero-order chi connectivity index (χ0) is 24.6. The van der Waals surface area contributed by atoms with Crippen molar-refractivity contribution in [2.45, 2.75) is 6.54 Å². The van der Waals surface area contributed by atoms with Crippen LogP contribution in [0.25, 0.3) is 10.9 Å². The summed E-state index contributed by atoms with van der Waals surface area (Å²) in [5.74, 6) is -2.13. The number of hydrogen-bond donors (Lipinski definition) is 2. The van der Waals surface area contributed by atoms with Crippen molar-refractivity contribution >= 4 is 57.2 Å². The minimum absolute atomic E-state index is 0.0177. The van der Waals surface area contributed by atoms with Gasteiger partial charge in [-0.25, -0.2) is 0 Å². The van der Waals surface area contributed by atoms with Gasteiger partial charge in [-0.2, -0.15) is 4.73 Å². The molecule has 0 unspecified atom stereocenters. The van der Waals surface area contributed by atoms with E-state index in [2.05, 4.69) is 5.32 Å². The number of nitro groups is 1. The Kier molecular flexibility index (Phi) is 6.10. The van der Waals surface area contributed by atoms with Crippen LogP contribution in [0.5, 0.6) is 5.75 Å². The Morgan fingerprint density at radius 1 is 1.12 bits per heavy atom. The summed E-state index contributed by atoms with van der Waals surface area (Å²) in [6, 6.07) is 10.3. The number of carbonyl (C=O) groups excluding carboxylic acids is 2. The predicted octanol–water partition coefficient (Wildman–Crippen LogP) is 4.07. The lowest BCUT2D eigenvalue weighted by molar-refractivity contribution is -0.605. The molecule has 34 heavy (non-hydrogen) atoms. The van der Waals surface area contributed by atoms with Crippen molar-refractivity contribution in [3.05, 3.63) is 97.5 Å². The van der Waals surface area contributed by atoms with Gasteiger partial charge in [0, 0.05) is 35.8 Å². The molecule has 0 atom stereocenters. The minimum atomic E-state index is -1.06. The largest absolute Gasteiger partial charge is 0.619 e. The molecule has 172 valence electrons. The van der Waals surface area contributed by atoms with Crippen LogP contribution in [-0.2, 0) is 11.3 Å². The van der Waals surface area contributed by atoms with Crippen molar-refractivity contribution in [3.8, 4) is 5.75 Å². The number of benzene rings is 2. The van der Waals surface area contributed by atoms with Crippen molar-refractivity contribution in [1.29, 1.82) is 0 Å². The monoisotopic (exact) mass is 500 g/mol. The maximum Gasteiger partial charge on any atom is 0.296 e. The minimum Gasteiger partial charge on any atom is -0.619 e. The lowest BCUT2D eigenvalue weighted by Gasteiger charge is -2.08. The second-order valence-corrected chi connectivity index (χ2v) is 8.09. The average Bonchev–Trinajstić information content (AvgIpc) is 3.12. The molecule has 0 aliphatic heterocycles. The first-order valence-electron chi connectivity index (χ1n) is 9.62. The van der Waals surface area contributed by atoms with E-state index in [1.807, 2.05) is 0 Å². The van der Waals surface area contributed by atoms with Gasteiger partial charge in [-0.05, 0) is 23.8 Å². The molecule has 0 saturated carbocycles. The van der Waals surface area contributed by atoms with Crippen LogP contribution in [0.4, 0.5) is 11.4 Å². The average molecular weight is 501 g/mol. The lowest BCUT2D eigenvalue weighted by Crippen LogP contribution is -2.27. The molecule has 4 rings (SSSR count). The maximum absolute atomic E-state index is 13.0. The number of aromatic nitrogens is 2. The third-order valence-corrected chi connectivity index (χ3v) is 5.56. The molecule has 0 fully saturated rings. The second kappa shape index (κ2) is 9.00. The highest BCUT2D eigenvalue weighted by atomic mass is 35.5. The van der Waals surface area contributed by atoms with Crippen molar-refractivity contribution in [3.63, 3.8) is 0 Å². The molecule has 1 amide bonds. The number of fused-ring (bicyclic) bond motifs is 1. The highest BCUT2D eigenvalue weighted by Gasteiger charge is 2.24. The number of pyridine rings is 1. The molecule has 12 heteroatoms. The van der Waals surface area contributed by atoms with E-state index in [9.17, 15) is 30.0 Å². The standard InChI is InChI=1S/C22H14Cl2N4O6/c23-17-10-27(32)11-18(24)20(17)25-22(31)21(30)16-9-26(19-5-4-14(29)7-15(16)19)8-12-2-1-3-13(6-12)28(33)34/h1-7,9-11,29H,8H2,(H,25,31). The smallest absolute Gasteiger partial charge is 0.296 e. The van der Waals surface area contributed by atoms with Crippen LogP contribution in [0.2, 0.25) is 10.0 Å². The first-order valence-corrected chi connectivity index (χ1v) is 10.4. The Balaban J connectivity index is 1.71. The van der Waals surface area contributed by atoms with Crippen LogP contribution in [-0.4, -0.2) is 26.3 Å². The van der Waals surface area contributed by atoms with Gasteiger partial charge in [0.1, 0.15) is 15.8 Å². The Morgan fingerprint density at radius 2 is 1.82 bits per heavy atom. The fourth-order valence-corrected chi connectivity index (χ4v) is 4.02. The number of phenolic OH excluding ortho intramolecular Hbond substituents is 1. The number of hydrogen-bond acceptors (Lipinski definition) is 6. The van der Waals surface area contributed by atoms with Gasteiger partial charge in [-0.1, -0.05) is 35.3 Å². The predicted molar refractivity (Wildman–Crippen MR) is 124 cm³/mol. The topological polar surface area (TPSA) is 141 Å². The Bertz CT molecular complexity index is 1460. The number of Topliss-reactive ketones (excluding diaryl/α,β-unsaturated/α-hetero) is 1. The van der Waals surface area contributed by atoms with E-state index in [-0.39, 0.29) is 39.3 Å². The molecule has 0 saturated heterocycles. The molecule has 10 nitrogen and oxygen atoms in total. The van der Waals surface area contributed by atoms with Crippen LogP contribution >= 0.6 is 23.2 Å². The van der Waals surface area contributed by atoms with Gasteiger partial charge in [-0.3, -0.25) is 19.7 Å². The molecule has 0 aliphatic rings. The highest BCUT2D eigenvalue weighted by molar-refractivity contribution is 6.50. The Labute approximate surface area is 201 Å². The van der Waals surface area contributed by atoms with Gasteiger partial charge >= 0.3 is 0 Å². The third-order valence-electron chi connectivity index (χ3n) is 4.99. The van der Waals surface area contributed by atoms with Crippen molar-refractivity contribution in [2.24, 2.45) is 0 Å². The van der Waals surface area contributed by atoms with E-state index >= 15 is 0 Å². The van der Waals surface area contributed by atoms with Gasteiger partial charge in [0.05, 0.1) is 16.2 Å². The number of nitrogens with zero attached hydrogens (tertiary/aromatic N) is 3. The molecular weight excluding hydrogens is 487 g/mol. The van der Waals surface area contributed by atoms with Gasteiger partial charge in [0.2, 0.25) is 12.4 Å². The van der Waals surface area contributed by atoms with E-state index in [4.69, 9.17) is 23.2 Å². The third kappa shape index (κ3) is 4.49. The van der Waals surface area contributed by atoms with Gasteiger partial charge < -0.3 is 20.2 Å². The number of non-ortho nitro benzene ring substituents is 1. The molecule has 2 aromatic heterocycles. The Morgan fingerprint density at radius 3 is 2.50 bits per heavy atom. The summed E-state index contributed by atoms with van der Waals surface area (Å²) >= 11 is 11.9. The van der Waals surface area contributed by atoms with Gasteiger partial charge in [0.15, 0.2) is 0 Å². The van der Waals surface area contributed by atoms with E-state index in [0.29, 0.717) is 21.2 Å². The van der Waals surface area contributed by atoms with Crippen molar-refractivity contribution in [2.75, 3.05) is 5.32 Å². The Hall–Kier alpha value is -4.15. The van der Waals surface area contributed by atoms with Gasteiger partial charge in [0.25, 0.3) is 17.4 Å². The number of amides is 1. The number of halogens is 2. The molecule has 2 aromatic carbocycles. The number of rotatable bonds is 6. The molecule has 2 N–H and O–H groups in total. The molecule has 2 heterocycles. The fraction of sp³-hybridized carbons (Fsp3) is 0.0455. The number of nitro benzene ring substituents is 1. The number of carbonyl (C=O) groups is 2. The number of anilines is 1. The van der Waals surface area contributed by atoms with Gasteiger partial charge in [-0.15, -0.1) is 0 Å². The zero-order valence-corrected chi connectivity index (χ0v) is 18.6. The summed E-state index contributed by atoms with van der Waals surface area (Å²) in [6.07, 6.45) is 3.36. The zero-order valence-electron chi connectivity index (χ0n) is 17.1. The summed E-state index contributed by atoms with van der Waals surface area (Å²) in [6.45, 7) is 0.164. The number of phenols is 1. The van der Waals surface area contributed by atoms with E-state index < -0.39 is 16.6 Å². The summed E-state index contributed by atoms with van der Waals surface area (Å²) in [7, 11) is 0. The summed E-state index contributed by atoms with van der Waals surface area (Å²) < 4.78 is 1.99. The highest BCUT2D eigenvalue weighted by Crippen LogP contribution is 2.30. The SMILES string of the molecule is O=C(Nc1c(Cl)c[n+]([O-])cc1Cl)C(=O)c1cn(Cc2cccc([N+](=O)[O-])c2)c2ccc(O)cc12. The molecular formula is C22H14Cl2N4O6. The molecule has 0 bridgehead atoms. The van der Waals surface area contributed by atoms with Crippen molar-refractivity contribution < 1.29 is 24.3 Å².